The average Bonchev–Trinajstić information content (AvgIpc) is 2.18. The Hall–Kier alpha value is -1.11. The van der Waals surface area contributed by atoms with E-state index in [-0.39, 0.29) is 0 Å². The summed E-state index contributed by atoms with van der Waals surface area (Å²) < 4.78 is 14.7. The number of hydrogen-bond donors (Lipinski definition) is 0. The van der Waals surface area contributed by atoms with E-state index >= 15 is 0 Å². The molecule has 1 heteroatoms. The summed E-state index contributed by atoms with van der Waals surface area (Å²) in [5.74, 6) is 0. The first-order valence-electron chi connectivity index (χ1n) is 5.59. The van der Waals surface area contributed by atoms with Gasteiger partial charge in [0.15, 0.2) is 0 Å². The van der Waals surface area contributed by atoms with Gasteiger partial charge in [-0.3, -0.25) is 0 Å². The summed E-state index contributed by atoms with van der Waals surface area (Å²) in [7, 11) is 0. The van der Waals surface area contributed by atoms with Gasteiger partial charge >= 0.3 is 0 Å². The van der Waals surface area contributed by atoms with Crippen molar-refractivity contribution >= 4 is 0 Å². The standard InChI is InChI=1S/C15H23F/c1-7-10-13(4)14(5,11-8-2)15(6,16)12-9-3/h7-10,12H,1-2,11H2,3-6H3. The molecule has 0 aliphatic carbocycles. The highest BCUT2D eigenvalue weighted by atomic mass is 19.1. The van der Waals surface area contributed by atoms with Crippen LogP contribution >= 0.6 is 0 Å². The second-order valence-electron chi connectivity index (χ2n) is 4.49. The Balaban J connectivity index is 5.49. The van der Waals surface area contributed by atoms with Crippen LogP contribution in [0.3, 0.4) is 0 Å². The normalized spacial score (nSPS) is 20.2. The molecule has 0 aromatic heterocycles. The predicted molar refractivity (Wildman–Crippen MR) is 71.2 cm³/mol. The smallest absolute Gasteiger partial charge is 0.135 e. The molecule has 16 heavy (non-hydrogen) atoms. The van der Waals surface area contributed by atoms with Crippen molar-refractivity contribution in [3.8, 4) is 0 Å². The van der Waals surface area contributed by atoms with E-state index in [4.69, 9.17) is 0 Å². The lowest BCUT2D eigenvalue weighted by Crippen LogP contribution is -2.39. The highest BCUT2D eigenvalue weighted by molar-refractivity contribution is 5.26. The third kappa shape index (κ3) is 2.94. The van der Waals surface area contributed by atoms with Gasteiger partial charge in [0.25, 0.3) is 0 Å². The van der Waals surface area contributed by atoms with Crippen molar-refractivity contribution in [1.29, 1.82) is 0 Å². The van der Waals surface area contributed by atoms with Gasteiger partial charge in [-0.1, -0.05) is 49.5 Å². The van der Waals surface area contributed by atoms with E-state index in [1.165, 1.54) is 0 Å². The highest BCUT2D eigenvalue weighted by Gasteiger charge is 2.43. The lowest BCUT2D eigenvalue weighted by Gasteiger charge is -2.39. The lowest BCUT2D eigenvalue weighted by molar-refractivity contribution is 0.0999. The monoisotopic (exact) mass is 222 g/mol. The first-order chi connectivity index (χ1) is 7.35. The Morgan fingerprint density at radius 1 is 1.31 bits per heavy atom. The molecule has 0 aromatic carbocycles. The molecule has 0 saturated carbocycles. The number of allylic oxidation sites excluding steroid dienone is 6. The molecular formula is C15H23F. The fraction of sp³-hybridized carbons (Fsp3) is 0.467. The summed E-state index contributed by atoms with van der Waals surface area (Å²) >= 11 is 0. The predicted octanol–water partition coefficient (Wildman–Crippen LogP) is 5.01. The maximum atomic E-state index is 14.7. The zero-order valence-corrected chi connectivity index (χ0v) is 10.9. The molecule has 0 radical (unpaired) electrons. The minimum Gasteiger partial charge on any atom is -0.239 e. The summed E-state index contributed by atoms with van der Waals surface area (Å²) in [4.78, 5) is 0. The molecule has 0 aromatic rings. The van der Waals surface area contributed by atoms with E-state index in [9.17, 15) is 4.39 Å². The molecule has 0 saturated heterocycles. The summed E-state index contributed by atoms with van der Waals surface area (Å²) in [5, 5.41) is 0. The molecule has 0 aliphatic heterocycles. The first kappa shape index (κ1) is 14.9. The van der Waals surface area contributed by atoms with Gasteiger partial charge in [-0.05, 0) is 27.2 Å². The van der Waals surface area contributed by atoms with E-state index in [0.29, 0.717) is 6.42 Å². The van der Waals surface area contributed by atoms with Gasteiger partial charge in [0, 0.05) is 5.41 Å². The molecule has 0 spiro atoms. The molecule has 0 heterocycles. The van der Waals surface area contributed by atoms with Crippen LogP contribution < -0.4 is 0 Å². The van der Waals surface area contributed by atoms with Crippen LogP contribution in [0.25, 0.3) is 0 Å². The summed E-state index contributed by atoms with van der Waals surface area (Å²) in [5.41, 5.74) is -0.986. The first-order valence-corrected chi connectivity index (χ1v) is 5.59. The van der Waals surface area contributed by atoms with Crippen molar-refractivity contribution < 1.29 is 4.39 Å². The van der Waals surface area contributed by atoms with Gasteiger partial charge in [0.2, 0.25) is 0 Å². The molecule has 0 nitrogen and oxygen atoms in total. The summed E-state index contributed by atoms with van der Waals surface area (Å²) in [6.07, 6.45) is 9.29. The topological polar surface area (TPSA) is 0 Å². The van der Waals surface area contributed by atoms with E-state index in [1.807, 2.05) is 26.8 Å². The molecule has 0 rings (SSSR count). The average molecular weight is 222 g/mol. The van der Waals surface area contributed by atoms with Crippen LogP contribution in [0, 0.1) is 5.41 Å². The largest absolute Gasteiger partial charge is 0.239 e. The van der Waals surface area contributed by atoms with Gasteiger partial charge in [-0.25, -0.2) is 4.39 Å². The SMILES string of the molecule is C=CC=C(C)C(C)(CC=C)C(C)(F)C=CC. The Labute approximate surface area is 99.3 Å². The van der Waals surface area contributed by atoms with Gasteiger partial charge in [0.05, 0.1) is 0 Å². The second kappa shape index (κ2) is 5.83. The zero-order valence-electron chi connectivity index (χ0n) is 10.9. The van der Waals surface area contributed by atoms with Crippen LogP contribution in [0.2, 0.25) is 0 Å². The molecule has 0 N–H and O–H groups in total. The number of rotatable bonds is 6. The van der Waals surface area contributed by atoms with E-state index in [0.717, 1.165) is 5.57 Å². The van der Waals surface area contributed by atoms with Crippen molar-refractivity contribution in [2.75, 3.05) is 0 Å². The fourth-order valence-corrected chi connectivity index (χ4v) is 1.89. The van der Waals surface area contributed by atoms with E-state index in [2.05, 4.69) is 13.2 Å². The van der Waals surface area contributed by atoms with Crippen LogP contribution in [0.1, 0.15) is 34.1 Å². The van der Waals surface area contributed by atoms with Gasteiger partial charge in [0.1, 0.15) is 5.67 Å². The molecule has 0 fully saturated rings. The van der Waals surface area contributed by atoms with Crippen LogP contribution in [0.5, 0.6) is 0 Å². The van der Waals surface area contributed by atoms with Crippen molar-refractivity contribution in [2.24, 2.45) is 5.41 Å². The maximum absolute atomic E-state index is 14.7. The molecule has 90 valence electrons. The van der Waals surface area contributed by atoms with Crippen molar-refractivity contribution in [1.82, 2.24) is 0 Å². The quantitative estimate of drug-likeness (QED) is 0.438. The van der Waals surface area contributed by atoms with Gasteiger partial charge in [-0.15, -0.1) is 6.58 Å². The highest BCUT2D eigenvalue weighted by Crippen LogP contribution is 2.45. The third-order valence-electron chi connectivity index (χ3n) is 3.35. The molecule has 0 amide bonds. The van der Waals surface area contributed by atoms with Crippen LogP contribution in [-0.2, 0) is 0 Å². The van der Waals surface area contributed by atoms with Crippen molar-refractivity contribution in [2.45, 2.75) is 39.8 Å². The maximum Gasteiger partial charge on any atom is 0.135 e. The van der Waals surface area contributed by atoms with E-state index < -0.39 is 11.1 Å². The number of halogens is 1. The molecule has 2 atom stereocenters. The fourth-order valence-electron chi connectivity index (χ4n) is 1.89. The molecule has 2 unspecified atom stereocenters. The third-order valence-corrected chi connectivity index (χ3v) is 3.35. The lowest BCUT2D eigenvalue weighted by atomic mass is 9.68. The summed E-state index contributed by atoms with van der Waals surface area (Å²) in [6, 6.07) is 0. The second-order valence-corrected chi connectivity index (χ2v) is 4.49. The Kier molecular flexibility index (Phi) is 5.43. The van der Waals surface area contributed by atoms with Crippen molar-refractivity contribution in [3.63, 3.8) is 0 Å². The van der Waals surface area contributed by atoms with Crippen LogP contribution in [-0.4, -0.2) is 5.67 Å². The summed E-state index contributed by atoms with van der Waals surface area (Å²) in [6.45, 7) is 14.7. The van der Waals surface area contributed by atoms with Crippen molar-refractivity contribution in [3.05, 3.63) is 49.1 Å². The van der Waals surface area contributed by atoms with Crippen LogP contribution in [0.4, 0.5) is 4.39 Å². The number of alkyl halides is 1. The molecular weight excluding hydrogens is 199 g/mol. The van der Waals surface area contributed by atoms with Gasteiger partial charge in [-0.2, -0.15) is 0 Å². The van der Waals surface area contributed by atoms with E-state index in [1.54, 1.807) is 31.2 Å². The zero-order chi connectivity index (χ0) is 12.8. The minimum atomic E-state index is -1.39. The Bertz CT molecular complexity index is 307. The van der Waals surface area contributed by atoms with Crippen LogP contribution in [0.15, 0.2) is 49.1 Å². The molecule has 0 aliphatic rings. The Morgan fingerprint density at radius 2 is 1.88 bits per heavy atom. The molecule has 0 bridgehead atoms. The Morgan fingerprint density at radius 3 is 2.25 bits per heavy atom. The minimum absolute atomic E-state index is 0.574. The van der Waals surface area contributed by atoms with Gasteiger partial charge < -0.3 is 0 Å². The number of hydrogen-bond acceptors (Lipinski definition) is 0.